The minimum absolute atomic E-state index is 0.00252. The number of ether oxygens (including phenoxy) is 2. The number of anilines is 1. The predicted molar refractivity (Wildman–Crippen MR) is 139 cm³/mol. The maximum absolute atomic E-state index is 12.6. The Morgan fingerprint density at radius 1 is 1.03 bits per heavy atom. The van der Waals surface area contributed by atoms with E-state index in [0.29, 0.717) is 16.8 Å². The molecule has 0 unspecified atom stereocenters. The molecule has 0 aliphatic rings. The van der Waals surface area contributed by atoms with Gasteiger partial charge in [-0.2, -0.15) is 0 Å². The lowest BCUT2D eigenvalue weighted by Crippen LogP contribution is -2.49. The summed E-state index contributed by atoms with van der Waals surface area (Å²) in [6.45, 7) is 4.67. The van der Waals surface area contributed by atoms with Crippen molar-refractivity contribution < 1.29 is 33.8 Å². The number of nitrogens with one attached hydrogen (secondary N) is 3. The van der Waals surface area contributed by atoms with Crippen molar-refractivity contribution in [2.24, 2.45) is 11.7 Å². The first-order chi connectivity index (χ1) is 18.1. The fourth-order valence-corrected chi connectivity index (χ4v) is 3.17. The van der Waals surface area contributed by atoms with Gasteiger partial charge in [-0.05, 0) is 36.1 Å². The second-order valence-corrected chi connectivity index (χ2v) is 8.57. The Hall–Kier alpha value is -4.56. The molecule has 0 aromatic heterocycles. The molecule has 202 valence electrons. The van der Waals surface area contributed by atoms with Crippen LogP contribution < -0.4 is 21.7 Å². The third kappa shape index (κ3) is 9.83. The molecule has 38 heavy (non-hydrogen) atoms. The maximum atomic E-state index is 12.6. The first-order valence-electron chi connectivity index (χ1n) is 11.8. The lowest BCUT2D eigenvalue weighted by molar-refractivity contribution is -0.134. The molecular weight excluding hydrogens is 492 g/mol. The number of nitrogens with two attached hydrogens (primary N) is 1. The predicted octanol–water partition coefficient (Wildman–Crippen LogP) is 2.02. The zero-order valence-corrected chi connectivity index (χ0v) is 21.4. The molecule has 2 aromatic carbocycles. The Morgan fingerprint density at radius 3 is 2.37 bits per heavy atom. The summed E-state index contributed by atoms with van der Waals surface area (Å²) in [6.07, 6.45) is -2.85. The number of hydrogen-bond acceptors (Lipinski definition) is 7. The molecule has 11 nitrogen and oxygen atoms in total. The number of aliphatic hydroxyl groups excluding tert-OH is 1. The fraction of sp³-hybridized carbons (Fsp3) is 0.333. The summed E-state index contributed by atoms with van der Waals surface area (Å²) in [5.74, 6) is 4.09. The topological polar surface area (TPSA) is 169 Å². The molecule has 0 radical (unpaired) electrons. The normalized spacial score (nSPS) is 11.8. The van der Waals surface area contributed by atoms with Crippen LogP contribution in [0.5, 0.6) is 0 Å². The van der Waals surface area contributed by atoms with Gasteiger partial charge in [-0.1, -0.05) is 62.1 Å². The molecule has 2 rings (SSSR count). The van der Waals surface area contributed by atoms with Crippen LogP contribution in [0.25, 0.3) is 0 Å². The number of amides is 4. The summed E-state index contributed by atoms with van der Waals surface area (Å²) in [6, 6.07) is 13.0. The van der Waals surface area contributed by atoms with Crippen LogP contribution in [0.3, 0.4) is 0 Å². The number of aliphatic hydroxyl groups is 1. The zero-order chi connectivity index (χ0) is 28.1. The van der Waals surface area contributed by atoms with Gasteiger partial charge in [0.05, 0.1) is 13.2 Å². The molecule has 4 amide bonds. The lowest BCUT2D eigenvalue weighted by Gasteiger charge is -2.22. The Kier molecular flexibility index (Phi) is 11.6. The molecule has 6 N–H and O–H groups in total. The zero-order valence-electron chi connectivity index (χ0n) is 21.4. The third-order valence-corrected chi connectivity index (χ3v) is 5.16. The van der Waals surface area contributed by atoms with Crippen molar-refractivity contribution >= 4 is 29.7 Å². The summed E-state index contributed by atoms with van der Waals surface area (Å²) in [4.78, 5) is 48.0. The third-order valence-electron chi connectivity index (χ3n) is 5.16. The molecule has 0 aliphatic heterocycles. The van der Waals surface area contributed by atoms with E-state index in [4.69, 9.17) is 15.2 Å². The lowest BCUT2D eigenvalue weighted by atomic mass is 10.1. The largest absolute Gasteiger partial charge is 0.445 e. The van der Waals surface area contributed by atoms with E-state index in [1.54, 1.807) is 32.0 Å². The van der Waals surface area contributed by atoms with Gasteiger partial charge in [0.2, 0.25) is 5.91 Å². The van der Waals surface area contributed by atoms with Gasteiger partial charge >= 0.3 is 12.2 Å². The molecular formula is C27H32N4O7. The Morgan fingerprint density at radius 2 is 1.74 bits per heavy atom. The first-order valence-corrected chi connectivity index (χ1v) is 11.8. The van der Waals surface area contributed by atoms with Crippen molar-refractivity contribution in [2.45, 2.75) is 46.1 Å². The fourth-order valence-electron chi connectivity index (χ4n) is 3.17. The van der Waals surface area contributed by atoms with Gasteiger partial charge in [-0.25, -0.2) is 9.59 Å². The highest BCUT2D eigenvalue weighted by molar-refractivity contribution is 5.97. The monoisotopic (exact) mass is 524 g/mol. The summed E-state index contributed by atoms with van der Waals surface area (Å²) < 4.78 is 9.95. The highest BCUT2D eigenvalue weighted by Crippen LogP contribution is 2.16. The van der Waals surface area contributed by atoms with Gasteiger partial charge < -0.3 is 36.3 Å². The number of alkyl carbamates (subject to hydrolysis) is 1. The summed E-state index contributed by atoms with van der Waals surface area (Å²) >= 11 is 0. The van der Waals surface area contributed by atoms with Crippen molar-refractivity contribution in [3.05, 3.63) is 65.2 Å². The van der Waals surface area contributed by atoms with Gasteiger partial charge in [-0.15, -0.1) is 0 Å². The summed E-state index contributed by atoms with van der Waals surface area (Å²) in [5.41, 5.74) is 7.21. The summed E-state index contributed by atoms with van der Waals surface area (Å²) in [5, 5.41) is 17.3. The SMILES string of the molecule is CC(C)[C@H](OC(N)=O)C(=O)N[C@@H](C)C(=O)Nc1ccc(CO)c(C#CCNC(=O)OCc2ccccc2)c1. The molecule has 2 aromatic rings. The molecule has 0 saturated heterocycles. The van der Waals surface area contributed by atoms with E-state index in [9.17, 15) is 24.3 Å². The number of benzene rings is 2. The highest BCUT2D eigenvalue weighted by atomic mass is 16.6. The van der Waals surface area contributed by atoms with Crippen molar-refractivity contribution in [1.82, 2.24) is 10.6 Å². The molecule has 0 saturated carbocycles. The molecule has 2 atom stereocenters. The Bertz CT molecular complexity index is 1190. The number of hydrogen-bond donors (Lipinski definition) is 5. The van der Waals surface area contributed by atoms with Gasteiger partial charge in [0, 0.05) is 11.3 Å². The van der Waals surface area contributed by atoms with Crippen LogP contribution >= 0.6 is 0 Å². The van der Waals surface area contributed by atoms with Crippen molar-refractivity contribution in [2.75, 3.05) is 11.9 Å². The van der Waals surface area contributed by atoms with Gasteiger partial charge in [0.1, 0.15) is 12.6 Å². The van der Waals surface area contributed by atoms with E-state index >= 15 is 0 Å². The van der Waals surface area contributed by atoms with Gasteiger partial charge in [0.15, 0.2) is 6.10 Å². The second kappa shape index (κ2) is 14.9. The smallest absolute Gasteiger partial charge is 0.408 e. The molecule has 0 spiro atoms. The van der Waals surface area contributed by atoms with Crippen LogP contribution in [0.4, 0.5) is 15.3 Å². The second-order valence-electron chi connectivity index (χ2n) is 8.57. The van der Waals surface area contributed by atoms with E-state index in [0.717, 1.165) is 5.56 Å². The van der Waals surface area contributed by atoms with Crippen molar-refractivity contribution in [3.8, 4) is 11.8 Å². The van der Waals surface area contributed by atoms with Crippen molar-refractivity contribution in [3.63, 3.8) is 0 Å². The molecule has 0 aliphatic carbocycles. The van der Waals surface area contributed by atoms with Crippen molar-refractivity contribution in [1.29, 1.82) is 0 Å². The Labute approximate surface area is 221 Å². The average Bonchev–Trinajstić information content (AvgIpc) is 2.88. The van der Waals surface area contributed by atoms with E-state index in [1.165, 1.54) is 6.92 Å². The standard InChI is InChI=1S/C27H32N4O7/c1-17(2)23(38-26(28)35)25(34)30-18(3)24(33)31-22-12-11-21(15-32)20(14-22)10-7-13-29-27(36)37-16-19-8-5-4-6-9-19/h4-6,8-9,11-12,14,17-18,23,32H,13,15-16H2,1-3H3,(H2,28,35)(H,29,36)(H,30,34)(H,31,33)/t18-,23-/m0/s1. The number of carbonyl (C=O) groups is 4. The number of rotatable bonds is 10. The van der Waals surface area contributed by atoms with Gasteiger partial charge in [-0.3, -0.25) is 9.59 Å². The van der Waals surface area contributed by atoms with E-state index in [1.807, 2.05) is 30.3 Å². The molecule has 0 bridgehead atoms. The van der Waals surface area contributed by atoms with Crippen LogP contribution in [0.15, 0.2) is 48.5 Å². The maximum Gasteiger partial charge on any atom is 0.408 e. The minimum Gasteiger partial charge on any atom is -0.445 e. The van der Waals surface area contributed by atoms with Crippen LogP contribution in [0, 0.1) is 17.8 Å². The molecule has 0 heterocycles. The van der Waals surface area contributed by atoms with Crippen LogP contribution in [-0.2, 0) is 32.3 Å². The number of primary amides is 1. The molecule has 0 fully saturated rings. The Balaban J connectivity index is 1.95. The van der Waals surface area contributed by atoms with E-state index in [2.05, 4.69) is 27.8 Å². The van der Waals surface area contributed by atoms with Crippen LogP contribution in [-0.4, -0.2) is 47.8 Å². The highest BCUT2D eigenvalue weighted by Gasteiger charge is 2.28. The van der Waals surface area contributed by atoms with E-state index < -0.39 is 36.1 Å². The van der Waals surface area contributed by atoms with E-state index in [-0.39, 0.29) is 25.7 Å². The van der Waals surface area contributed by atoms with Crippen LogP contribution in [0.1, 0.15) is 37.5 Å². The van der Waals surface area contributed by atoms with Gasteiger partial charge in [0.25, 0.3) is 5.91 Å². The molecule has 11 heteroatoms. The quantitative estimate of drug-likeness (QED) is 0.296. The first kappa shape index (κ1) is 29.7. The summed E-state index contributed by atoms with van der Waals surface area (Å²) in [7, 11) is 0. The average molecular weight is 525 g/mol. The minimum atomic E-state index is -1.14. The van der Waals surface area contributed by atoms with Crippen LogP contribution in [0.2, 0.25) is 0 Å². The number of carbonyl (C=O) groups excluding carboxylic acids is 4.